The summed E-state index contributed by atoms with van der Waals surface area (Å²) >= 11 is 0. The third-order valence-electron chi connectivity index (χ3n) is 3.02. The van der Waals surface area contributed by atoms with Crippen molar-refractivity contribution >= 4 is 11.6 Å². The van der Waals surface area contributed by atoms with E-state index in [0.29, 0.717) is 37.4 Å². The van der Waals surface area contributed by atoms with Gasteiger partial charge in [0.25, 0.3) is 0 Å². The molecule has 0 bridgehead atoms. The van der Waals surface area contributed by atoms with E-state index in [1.807, 2.05) is 25.1 Å². The van der Waals surface area contributed by atoms with Crippen molar-refractivity contribution in [1.29, 1.82) is 0 Å². The first-order chi connectivity index (χ1) is 9.58. The van der Waals surface area contributed by atoms with Gasteiger partial charge in [0.1, 0.15) is 5.75 Å². The SMILES string of the molecule is CCCOc1ccc(CCC(=O)N(C)CCO)cc1N. The number of nitrogens with zero attached hydrogens (tertiary/aromatic N) is 1. The van der Waals surface area contributed by atoms with Crippen molar-refractivity contribution in [3.63, 3.8) is 0 Å². The lowest BCUT2D eigenvalue weighted by molar-refractivity contribution is -0.130. The Balaban J connectivity index is 2.52. The lowest BCUT2D eigenvalue weighted by atomic mass is 10.1. The maximum Gasteiger partial charge on any atom is 0.222 e. The van der Waals surface area contributed by atoms with Crippen molar-refractivity contribution in [2.45, 2.75) is 26.2 Å². The number of benzene rings is 1. The maximum absolute atomic E-state index is 11.8. The van der Waals surface area contributed by atoms with Gasteiger partial charge in [0, 0.05) is 20.0 Å². The third-order valence-corrected chi connectivity index (χ3v) is 3.02. The molecule has 1 amide bonds. The molecular formula is C15H24N2O3. The van der Waals surface area contributed by atoms with Gasteiger partial charge in [0.15, 0.2) is 0 Å². The number of amides is 1. The molecule has 0 atom stereocenters. The number of aliphatic hydroxyl groups is 1. The molecule has 5 nitrogen and oxygen atoms in total. The Kier molecular flexibility index (Phi) is 6.87. The van der Waals surface area contributed by atoms with E-state index in [0.717, 1.165) is 12.0 Å². The van der Waals surface area contributed by atoms with Crippen LogP contribution in [0.15, 0.2) is 18.2 Å². The van der Waals surface area contributed by atoms with Crippen molar-refractivity contribution < 1.29 is 14.6 Å². The Labute approximate surface area is 120 Å². The minimum Gasteiger partial charge on any atom is -0.491 e. The van der Waals surface area contributed by atoms with Gasteiger partial charge in [-0.25, -0.2) is 0 Å². The number of nitrogens with two attached hydrogens (primary N) is 1. The highest BCUT2D eigenvalue weighted by Gasteiger charge is 2.09. The van der Waals surface area contributed by atoms with Crippen LogP contribution in [0.25, 0.3) is 0 Å². The molecule has 5 heteroatoms. The molecule has 1 aromatic carbocycles. The molecule has 20 heavy (non-hydrogen) atoms. The predicted octanol–water partition coefficient (Wildman–Crippen LogP) is 1.44. The van der Waals surface area contributed by atoms with Gasteiger partial charge in [-0.3, -0.25) is 4.79 Å². The number of rotatable bonds is 8. The third kappa shape index (κ3) is 5.09. The van der Waals surface area contributed by atoms with E-state index >= 15 is 0 Å². The average molecular weight is 280 g/mol. The molecule has 3 N–H and O–H groups in total. The second-order valence-corrected chi connectivity index (χ2v) is 4.76. The van der Waals surface area contributed by atoms with Crippen molar-refractivity contribution in [3.05, 3.63) is 23.8 Å². The number of carbonyl (C=O) groups is 1. The van der Waals surface area contributed by atoms with E-state index in [1.54, 1.807) is 7.05 Å². The van der Waals surface area contributed by atoms with E-state index in [-0.39, 0.29) is 12.5 Å². The van der Waals surface area contributed by atoms with Crippen molar-refractivity contribution in [2.75, 3.05) is 32.5 Å². The van der Waals surface area contributed by atoms with Crippen LogP contribution < -0.4 is 10.5 Å². The first-order valence-electron chi connectivity index (χ1n) is 6.94. The van der Waals surface area contributed by atoms with Gasteiger partial charge in [0.2, 0.25) is 5.91 Å². The van der Waals surface area contributed by atoms with Crippen LogP contribution in [0.3, 0.4) is 0 Å². The number of anilines is 1. The molecule has 0 aliphatic heterocycles. The lowest BCUT2D eigenvalue weighted by Gasteiger charge is -2.15. The summed E-state index contributed by atoms with van der Waals surface area (Å²) in [5, 5.41) is 8.78. The molecule has 0 unspecified atom stereocenters. The summed E-state index contributed by atoms with van der Waals surface area (Å²) < 4.78 is 5.51. The quantitative estimate of drug-likeness (QED) is 0.707. The fourth-order valence-corrected chi connectivity index (χ4v) is 1.81. The van der Waals surface area contributed by atoms with E-state index in [1.165, 1.54) is 4.90 Å². The fraction of sp³-hybridized carbons (Fsp3) is 0.533. The number of nitrogen functional groups attached to an aromatic ring is 1. The van der Waals surface area contributed by atoms with Gasteiger partial charge < -0.3 is 20.5 Å². The van der Waals surface area contributed by atoms with Gasteiger partial charge in [-0.05, 0) is 30.5 Å². The van der Waals surface area contributed by atoms with E-state index in [2.05, 4.69) is 0 Å². The number of hydrogen-bond acceptors (Lipinski definition) is 4. The fourth-order valence-electron chi connectivity index (χ4n) is 1.81. The molecule has 112 valence electrons. The molecule has 1 aromatic rings. The Hall–Kier alpha value is -1.75. The summed E-state index contributed by atoms with van der Waals surface area (Å²) in [6.45, 7) is 3.04. The zero-order chi connectivity index (χ0) is 15.0. The van der Waals surface area contributed by atoms with Crippen molar-refractivity contribution in [2.24, 2.45) is 0 Å². The topological polar surface area (TPSA) is 75.8 Å². The molecule has 1 rings (SSSR count). The van der Waals surface area contributed by atoms with Crippen LogP contribution in [-0.4, -0.2) is 42.7 Å². The van der Waals surface area contributed by atoms with Crippen LogP contribution in [0.2, 0.25) is 0 Å². The van der Waals surface area contributed by atoms with Crippen LogP contribution in [-0.2, 0) is 11.2 Å². The summed E-state index contributed by atoms with van der Waals surface area (Å²) in [7, 11) is 1.69. The molecule has 0 fully saturated rings. The van der Waals surface area contributed by atoms with E-state index < -0.39 is 0 Å². The van der Waals surface area contributed by atoms with Crippen molar-refractivity contribution in [1.82, 2.24) is 4.90 Å². The summed E-state index contributed by atoms with van der Waals surface area (Å²) in [5.41, 5.74) is 7.54. The number of likely N-dealkylation sites (N-methyl/N-ethyl adjacent to an activating group) is 1. The maximum atomic E-state index is 11.8. The van der Waals surface area contributed by atoms with Gasteiger partial charge >= 0.3 is 0 Å². The Morgan fingerprint density at radius 1 is 1.45 bits per heavy atom. The van der Waals surface area contributed by atoms with Crippen LogP contribution in [0.4, 0.5) is 5.69 Å². The molecule has 0 aromatic heterocycles. The predicted molar refractivity (Wildman–Crippen MR) is 79.7 cm³/mol. The standard InChI is InChI=1S/C15H24N2O3/c1-3-10-20-14-6-4-12(11-13(14)16)5-7-15(19)17(2)8-9-18/h4,6,11,18H,3,5,7-10,16H2,1-2H3. The molecule has 0 aliphatic carbocycles. The highest BCUT2D eigenvalue weighted by Crippen LogP contribution is 2.23. The monoisotopic (exact) mass is 280 g/mol. The second kappa shape index (κ2) is 8.43. The minimum absolute atomic E-state index is 0.0152. The molecule has 0 saturated carbocycles. The highest BCUT2D eigenvalue weighted by atomic mass is 16.5. The number of aryl methyl sites for hydroxylation is 1. The smallest absolute Gasteiger partial charge is 0.222 e. The van der Waals surface area contributed by atoms with Crippen molar-refractivity contribution in [3.8, 4) is 5.75 Å². The molecule has 0 aliphatic rings. The molecular weight excluding hydrogens is 256 g/mol. The molecule has 0 spiro atoms. The number of ether oxygens (including phenoxy) is 1. The number of hydrogen-bond donors (Lipinski definition) is 2. The average Bonchev–Trinajstić information content (AvgIpc) is 2.44. The van der Waals surface area contributed by atoms with Crippen LogP contribution in [0.1, 0.15) is 25.3 Å². The Morgan fingerprint density at radius 2 is 2.20 bits per heavy atom. The van der Waals surface area contributed by atoms with Crippen LogP contribution >= 0.6 is 0 Å². The summed E-state index contributed by atoms with van der Waals surface area (Å²) in [4.78, 5) is 13.3. The zero-order valence-electron chi connectivity index (χ0n) is 12.3. The molecule has 0 radical (unpaired) electrons. The zero-order valence-corrected chi connectivity index (χ0v) is 12.3. The summed E-state index contributed by atoms with van der Waals surface area (Å²) in [6, 6.07) is 5.63. The summed E-state index contributed by atoms with van der Waals surface area (Å²) in [6.07, 6.45) is 1.98. The van der Waals surface area contributed by atoms with Crippen LogP contribution in [0, 0.1) is 0 Å². The first-order valence-corrected chi connectivity index (χ1v) is 6.94. The van der Waals surface area contributed by atoms with Crippen LogP contribution in [0.5, 0.6) is 5.75 Å². The largest absolute Gasteiger partial charge is 0.491 e. The van der Waals surface area contributed by atoms with Gasteiger partial charge in [-0.2, -0.15) is 0 Å². The molecule has 0 saturated heterocycles. The number of aliphatic hydroxyl groups excluding tert-OH is 1. The normalized spacial score (nSPS) is 10.3. The molecule has 0 heterocycles. The number of carbonyl (C=O) groups excluding carboxylic acids is 1. The van der Waals surface area contributed by atoms with Gasteiger partial charge in [-0.15, -0.1) is 0 Å². The second-order valence-electron chi connectivity index (χ2n) is 4.76. The Bertz CT molecular complexity index is 435. The van der Waals surface area contributed by atoms with Gasteiger partial charge in [-0.1, -0.05) is 13.0 Å². The van der Waals surface area contributed by atoms with E-state index in [9.17, 15) is 4.79 Å². The lowest BCUT2D eigenvalue weighted by Crippen LogP contribution is -2.29. The first kappa shape index (κ1) is 16.3. The summed E-state index contributed by atoms with van der Waals surface area (Å²) in [5.74, 6) is 0.711. The highest BCUT2D eigenvalue weighted by molar-refractivity contribution is 5.76. The Morgan fingerprint density at radius 3 is 2.80 bits per heavy atom. The van der Waals surface area contributed by atoms with Gasteiger partial charge in [0.05, 0.1) is 18.9 Å². The van der Waals surface area contributed by atoms with E-state index in [4.69, 9.17) is 15.6 Å². The minimum atomic E-state index is -0.0152.